The summed E-state index contributed by atoms with van der Waals surface area (Å²) in [5.74, 6) is -1.42. The largest absolute Gasteiger partial charge is 0.480 e. The van der Waals surface area contributed by atoms with Crippen molar-refractivity contribution < 1.29 is 24.2 Å². The number of carbonyl (C=O) groups excluding carboxylic acids is 2. The van der Waals surface area contributed by atoms with E-state index in [1.54, 1.807) is 0 Å². The van der Waals surface area contributed by atoms with Gasteiger partial charge in [-0.1, -0.05) is 78.9 Å². The first kappa shape index (κ1) is 27.0. The first-order valence-electron chi connectivity index (χ1n) is 14.3. The van der Waals surface area contributed by atoms with E-state index in [-0.39, 0.29) is 24.9 Å². The van der Waals surface area contributed by atoms with Gasteiger partial charge < -0.3 is 20.5 Å². The van der Waals surface area contributed by atoms with Crippen LogP contribution in [0.4, 0.5) is 4.79 Å². The zero-order valence-corrected chi connectivity index (χ0v) is 23.0. The molecule has 1 aliphatic heterocycles. The van der Waals surface area contributed by atoms with Gasteiger partial charge in [0.05, 0.1) is 5.54 Å². The number of piperidine rings is 1. The van der Waals surface area contributed by atoms with Gasteiger partial charge in [-0.25, -0.2) is 9.59 Å². The normalized spacial score (nSPS) is 18.5. The molecule has 41 heavy (non-hydrogen) atoms. The van der Waals surface area contributed by atoms with Crippen LogP contribution >= 0.6 is 0 Å². The van der Waals surface area contributed by atoms with Crippen LogP contribution in [0.3, 0.4) is 0 Å². The van der Waals surface area contributed by atoms with Crippen LogP contribution in [0.5, 0.6) is 0 Å². The highest BCUT2D eigenvalue weighted by molar-refractivity contribution is 5.88. The second-order valence-electron chi connectivity index (χ2n) is 11.6. The Kier molecular flexibility index (Phi) is 7.26. The van der Waals surface area contributed by atoms with Gasteiger partial charge in [-0.2, -0.15) is 0 Å². The molecule has 8 nitrogen and oxygen atoms in total. The summed E-state index contributed by atoms with van der Waals surface area (Å²) in [6.07, 6.45) is 1.42. The SMILES string of the molecule is O=C(CC1(NC(=O)OCC2c3ccccc3-c3ccccc32)CC1)NC1(C(=O)O)CCN(Cc2ccccc2)CC1. The number of nitrogens with one attached hydrogen (secondary N) is 2. The molecule has 3 aromatic rings. The van der Waals surface area contributed by atoms with Crippen molar-refractivity contribution in [2.24, 2.45) is 0 Å². The third-order valence-electron chi connectivity index (χ3n) is 8.81. The molecule has 2 aliphatic carbocycles. The van der Waals surface area contributed by atoms with Gasteiger partial charge >= 0.3 is 12.1 Å². The highest BCUT2D eigenvalue weighted by atomic mass is 16.5. The Hall–Kier alpha value is -4.17. The first-order chi connectivity index (χ1) is 19.9. The Morgan fingerprint density at radius 1 is 0.805 bits per heavy atom. The molecule has 1 saturated carbocycles. The molecule has 2 fully saturated rings. The molecule has 8 heteroatoms. The number of fused-ring (bicyclic) bond motifs is 3. The minimum atomic E-state index is -1.30. The number of alkyl carbamates (subject to hydrolysis) is 1. The number of aliphatic carboxylic acids is 1. The van der Waals surface area contributed by atoms with Crippen LogP contribution in [0.1, 0.15) is 54.7 Å². The molecule has 0 radical (unpaired) electrons. The second-order valence-corrected chi connectivity index (χ2v) is 11.6. The average Bonchev–Trinajstić information content (AvgIpc) is 3.64. The Morgan fingerprint density at radius 3 is 1.98 bits per heavy atom. The lowest BCUT2D eigenvalue weighted by atomic mass is 9.87. The Labute approximate surface area is 239 Å². The summed E-state index contributed by atoms with van der Waals surface area (Å²) in [6, 6.07) is 26.4. The molecule has 0 aromatic heterocycles. The maximum atomic E-state index is 13.1. The number of carboxylic acids is 1. The second kappa shape index (κ2) is 11.0. The van der Waals surface area contributed by atoms with Gasteiger partial charge in [0.1, 0.15) is 12.1 Å². The zero-order chi connectivity index (χ0) is 28.5. The van der Waals surface area contributed by atoms with Crippen molar-refractivity contribution in [3.05, 3.63) is 95.6 Å². The predicted octanol–water partition coefficient (Wildman–Crippen LogP) is 4.68. The Balaban J connectivity index is 1.02. The van der Waals surface area contributed by atoms with E-state index in [2.05, 4.69) is 51.9 Å². The minimum absolute atomic E-state index is 0.0277. The fraction of sp³-hybridized carbons (Fsp3) is 0.364. The summed E-state index contributed by atoms with van der Waals surface area (Å²) in [6.45, 7) is 2.09. The van der Waals surface area contributed by atoms with Gasteiger partial charge in [-0.15, -0.1) is 0 Å². The summed E-state index contributed by atoms with van der Waals surface area (Å²) in [4.78, 5) is 40.4. The molecule has 0 bridgehead atoms. The highest BCUT2D eigenvalue weighted by Gasteiger charge is 2.49. The van der Waals surface area contributed by atoms with Crippen molar-refractivity contribution in [1.29, 1.82) is 0 Å². The Bertz CT molecular complexity index is 1400. The van der Waals surface area contributed by atoms with E-state index in [1.165, 1.54) is 5.56 Å². The van der Waals surface area contributed by atoms with Gasteiger partial charge in [0.15, 0.2) is 0 Å². The summed E-state index contributed by atoms with van der Waals surface area (Å²) >= 11 is 0. The molecular formula is C33H35N3O5. The zero-order valence-electron chi connectivity index (χ0n) is 23.0. The average molecular weight is 554 g/mol. The monoisotopic (exact) mass is 553 g/mol. The number of nitrogens with zero attached hydrogens (tertiary/aromatic N) is 1. The van der Waals surface area contributed by atoms with Gasteiger partial charge in [0.2, 0.25) is 5.91 Å². The molecule has 0 spiro atoms. The number of rotatable bonds is 9. The molecule has 1 saturated heterocycles. The van der Waals surface area contributed by atoms with Gasteiger partial charge in [-0.3, -0.25) is 9.69 Å². The third-order valence-corrected chi connectivity index (χ3v) is 8.81. The van der Waals surface area contributed by atoms with E-state index in [0.29, 0.717) is 38.8 Å². The van der Waals surface area contributed by atoms with Crippen LogP contribution in [0.25, 0.3) is 11.1 Å². The maximum absolute atomic E-state index is 13.1. The minimum Gasteiger partial charge on any atom is -0.480 e. The topological polar surface area (TPSA) is 108 Å². The number of amides is 2. The maximum Gasteiger partial charge on any atom is 0.407 e. The van der Waals surface area contributed by atoms with Crippen molar-refractivity contribution in [3.63, 3.8) is 0 Å². The van der Waals surface area contributed by atoms with E-state index >= 15 is 0 Å². The summed E-state index contributed by atoms with van der Waals surface area (Å²) in [5, 5.41) is 15.8. The van der Waals surface area contributed by atoms with E-state index in [1.807, 2.05) is 42.5 Å². The van der Waals surface area contributed by atoms with Crippen molar-refractivity contribution in [1.82, 2.24) is 15.5 Å². The van der Waals surface area contributed by atoms with Crippen LogP contribution in [0.15, 0.2) is 78.9 Å². The quantitative estimate of drug-likeness (QED) is 0.355. The lowest BCUT2D eigenvalue weighted by Gasteiger charge is -2.39. The number of carboxylic acid groups (broad SMARTS) is 1. The Morgan fingerprint density at radius 2 is 1.39 bits per heavy atom. The summed E-state index contributed by atoms with van der Waals surface area (Å²) in [5.41, 5.74) is 3.77. The van der Waals surface area contributed by atoms with Crippen LogP contribution < -0.4 is 10.6 Å². The van der Waals surface area contributed by atoms with Crippen molar-refractivity contribution in [3.8, 4) is 11.1 Å². The summed E-state index contributed by atoms with van der Waals surface area (Å²) in [7, 11) is 0. The molecule has 0 unspecified atom stereocenters. The number of hydrogen-bond donors (Lipinski definition) is 3. The molecule has 3 aromatic carbocycles. The number of hydrogen-bond acceptors (Lipinski definition) is 5. The fourth-order valence-electron chi connectivity index (χ4n) is 6.29. The lowest BCUT2D eigenvalue weighted by Crippen LogP contribution is -2.60. The van der Waals surface area contributed by atoms with Crippen LogP contribution in [0, 0.1) is 0 Å². The smallest absolute Gasteiger partial charge is 0.407 e. The third kappa shape index (κ3) is 5.70. The number of benzene rings is 3. The van der Waals surface area contributed by atoms with E-state index in [4.69, 9.17) is 4.74 Å². The van der Waals surface area contributed by atoms with Gasteiger partial charge in [0.25, 0.3) is 0 Å². The van der Waals surface area contributed by atoms with Crippen LogP contribution in [-0.2, 0) is 20.9 Å². The van der Waals surface area contributed by atoms with Crippen molar-refractivity contribution in [2.75, 3.05) is 19.7 Å². The van der Waals surface area contributed by atoms with Crippen molar-refractivity contribution in [2.45, 2.75) is 55.6 Å². The van der Waals surface area contributed by atoms with Gasteiger partial charge in [-0.05, 0) is 53.5 Å². The highest BCUT2D eigenvalue weighted by Crippen LogP contribution is 2.45. The predicted molar refractivity (Wildman–Crippen MR) is 154 cm³/mol. The molecule has 2 amide bonds. The molecule has 6 rings (SSSR count). The molecule has 3 N–H and O–H groups in total. The van der Waals surface area contributed by atoms with Gasteiger partial charge in [0, 0.05) is 32.0 Å². The molecule has 212 valence electrons. The molecular weight excluding hydrogens is 518 g/mol. The number of likely N-dealkylation sites (tertiary alicyclic amines) is 1. The van der Waals surface area contributed by atoms with E-state index in [9.17, 15) is 19.5 Å². The standard InChI is InChI=1S/C33H35N3O5/c37-29(34-33(30(38)39)16-18-36(19-17-33)21-23-8-2-1-3-9-23)20-32(14-15-32)35-31(40)41-22-28-26-12-6-4-10-24(26)25-11-5-7-13-27(25)28/h1-13,28H,14-22H2,(H,34,37)(H,35,40)(H,38,39). The first-order valence-corrected chi connectivity index (χ1v) is 14.3. The fourth-order valence-corrected chi connectivity index (χ4v) is 6.29. The number of ether oxygens (including phenoxy) is 1. The molecule has 0 atom stereocenters. The van der Waals surface area contributed by atoms with E-state index in [0.717, 1.165) is 28.8 Å². The molecule has 1 heterocycles. The van der Waals surface area contributed by atoms with Crippen molar-refractivity contribution >= 4 is 18.0 Å². The number of carbonyl (C=O) groups is 3. The van der Waals surface area contributed by atoms with Crippen LogP contribution in [0.2, 0.25) is 0 Å². The van der Waals surface area contributed by atoms with E-state index < -0.39 is 23.1 Å². The lowest BCUT2D eigenvalue weighted by molar-refractivity contribution is -0.150. The van der Waals surface area contributed by atoms with Crippen LogP contribution in [-0.4, -0.2) is 58.8 Å². The molecule has 3 aliphatic rings. The summed E-state index contributed by atoms with van der Waals surface area (Å²) < 4.78 is 5.68.